The first kappa shape index (κ1) is 24.0. The average Bonchev–Trinajstić information content (AvgIpc) is 3.24. The third-order valence-electron chi connectivity index (χ3n) is 8.66. The number of likely N-dealkylation sites (N-methyl/N-ethyl adjacent to an activating group) is 1. The lowest BCUT2D eigenvalue weighted by molar-refractivity contribution is -0.132. The normalized spacial score (nSPS) is 28.8. The molecule has 0 saturated carbocycles. The molecule has 1 fully saturated rings. The van der Waals surface area contributed by atoms with Crippen molar-refractivity contribution >= 4 is 11.9 Å². The third-order valence-corrected chi connectivity index (χ3v) is 8.66. The summed E-state index contributed by atoms with van der Waals surface area (Å²) in [4.78, 5) is 33.2. The van der Waals surface area contributed by atoms with Gasteiger partial charge in [-0.2, -0.15) is 0 Å². The lowest BCUT2D eigenvalue weighted by Gasteiger charge is -2.56. The fourth-order valence-electron chi connectivity index (χ4n) is 6.96. The zero-order valence-corrected chi connectivity index (χ0v) is 21.8. The van der Waals surface area contributed by atoms with Crippen LogP contribution in [0.3, 0.4) is 0 Å². The van der Waals surface area contributed by atoms with Crippen molar-refractivity contribution in [3.05, 3.63) is 59.3 Å². The molecule has 37 heavy (non-hydrogen) atoms. The Morgan fingerprint density at radius 3 is 2.70 bits per heavy atom. The SMILES string of the molecule is CCN(CC)C(=O)c1ccc(O[C@H]2C=C[C@H]3[C@H]4Cc5ccc(OC(C)=O)c6c5[C@@]3(CCN4C)[C@H]2O6)nc1. The van der Waals surface area contributed by atoms with Crippen LogP contribution in [0.1, 0.15) is 48.7 Å². The summed E-state index contributed by atoms with van der Waals surface area (Å²) >= 11 is 0. The van der Waals surface area contributed by atoms with Crippen LogP contribution in [0.15, 0.2) is 42.6 Å². The van der Waals surface area contributed by atoms with Gasteiger partial charge in [-0.25, -0.2) is 4.98 Å². The van der Waals surface area contributed by atoms with Crippen molar-refractivity contribution in [2.24, 2.45) is 5.92 Å². The van der Waals surface area contributed by atoms with Crippen LogP contribution >= 0.6 is 0 Å². The van der Waals surface area contributed by atoms with Gasteiger partial charge < -0.3 is 24.0 Å². The highest BCUT2D eigenvalue weighted by atomic mass is 16.6. The number of ether oxygens (including phenoxy) is 3. The number of amides is 1. The Balaban J connectivity index is 1.35. The van der Waals surface area contributed by atoms with Gasteiger partial charge in [-0.15, -0.1) is 0 Å². The van der Waals surface area contributed by atoms with Crippen LogP contribution in [0, 0.1) is 5.92 Å². The van der Waals surface area contributed by atoms with E-state index in [1.165, 1.54) is 18.1 Å². The molecule has 0 unspecified atom stereocenters. The maximum absolute atomic E-state index is 12.7. The first-order valence-electron chi connectivity index (χ1n) is 13.2. The fourth-order valence-corrected chi connectivity index (χ4v) is 6.96. The van der Waals surface area contributed by atoms with E-state index in [4.69, 9.17) is 14.2 Å². The summed E-state index contributed by atoms with van der Waals surface area (Å²) in [5.74, 6) is 1.47. The molecule has 0 N–H and O–H groups in total. The van der Waals surface area contributed by atoms with Crippen LogP contribution in [-0.2, 0) is 16.6 Å². The number of esters is 1. The molecule has 1 aromatic heterocycles. The summed E-state index contributed by atoms with van der Waals surface area (Å²) in [6.07, 6.45) is 7.17. The Hall–Kier alpha value is -3.39. The number of carbonyl (C=O) groups excluding carboxylic acids is 2. The minimum absolute atomic E-state index is 0.0389. The van der Waals surface area contributed by atoms with E-state index >= 15 is 0 Å². The number of benzene rings is 1. The van der Waals surface area contributed by atoms with Crippen LogP contribution < -0.4 is 14.2 Å². The predicted molar refractivity (Wildman–Crippen MR) is 137 cm³/mol. The average molecular weight is 504 g/mol. The van der Waals surface area contributed by atoms with Gasteiger partial charge in [-0.05, 0) is 64.1 Å². The van der Waals surface area contributed by atoms with E-state index < -0.39 is 0 Å². The Morgan fingerprint density at radius 1 is 1.19 bits per heavy atom. The maximum Gasteiger partial charge on any atom is 0.308 e. The minimum Gasteiger partial charge on any atom is -0.481 e. The van der Waals surface area contributed by atoms with Crippen LogP contribution in [0.4, 0.5) is 0 Å². The van der Waals surface area contributed by atoms with E-state index in [0.717, 1.165) is 19.4 Å². The van der Waals surface area contributed by atoms with Gasteiger partial charge in [-0.3, -0.25) is 9.59 Å². The summed E-state index contributed by atoms with van der Waals surface area (Å²) in [6.45, 7) is 7.59. The molecule has 2 aliphatic heterocycles. The van der Waals surface area contributed by atoms with Crippen molar-refractivity contribution in [3.63, 3.8) is 0 Å². The van der Waals surface area contributed by atoms with Crippen molar-refractivity contribution in [1.29, 1.82) is 0 Å². The number of rotatable bonds is 6. The molecule has 8 nitrogen and oxygen atoms in total. The van der Waals surface area contributed by atoms with E-state index in [-0.39, 0.29) is 35.4 Å². The number of carbonyl (C=O) groups is 2. The number of piperidine rings is 1. The summed E-state index contributed by atoms with van der Waals surface area (Å²) in [6, 6.07) is 7.84. The van der Waals surface area contributed by atoms with E-state index in [0.29, 0.717) is 42.1 Å². The third kappa shape index (κ3) is 3.56. The number of likely N-dealkylation sites (tertiary alicyclic amines) is 1. The van der Waals surface area contributed by atoms with Crippen molar-refractivity contribution in [1.82, 2.24) is 14.8 Å². The monoisotopic (exact) mass is 503 g/mol. The van der Waals surface area contributed by atoms with E-state index in [1.54, 1.807) is 23.2 Å². The quantitative estimate of drug-likeness (QED) is 0.340. The van der Waals surface area contributed by atoms with E-state index in [1.807, 2.05) is 19.9 Å². The van der Waals surface area contributed by atoms with Gasteiger partial charge in [0.15, 0.2) is 17.6 Å². The van der Waals surface area contributed by atoms with E-state index in [2.05, 4.69) is 35.1 Å². The predicted octanol–water partition coefficient (Wildman–Crippen LogP) is 3.38. The van der Waals surface area contributed by atoms with Crippen molar-refractivity contribution in [2.45, 2.75) is 57.3 Å². The minimum atomic E-state index is -0.374. The molecule has 1 saturated heterocycles. The fraction of sp³-hybridized carbons (Fsp3) is 0.483. The van der Waals surface area contributed by atoms with E-state index in [9.17, 15) is 9.59 Å². The van der Waals surface area contributed by atoms with Gasteiger partial charge in [0.05, 0.1) is 5.56 Å². The molecular formula is C29H33N3O5. The number of hydrogen-bond donors (Lipinski definition) is 0. The molecule has 2 aliphatic carbocycles. The Labute approximate surface area is 217 Å². The van der Waals surface area contributed by atoms with Crippen LogP contribution in [0.25, 0.3) is 0 Å². The molecule has 6 rings (SSSR count). The van der Waals surface area contributed by atoms with Gasteiger partial charge in [0.25, 0.3) is 5.91 Å². The molecule has 0 radical (unpaired) electrons. The maximum atomic E-state index is 12.7. The lowest BCUT2D eigenvalue weighted by Crippen LogP contribution is -2.65. The molecular weight excluding hydrogens is 470 g/mol. The standard InChI is InChI=1S/C29H33N3O5/c1-5-32(6-2)28(34)19-8-12-24(30-16-19)36-23-11-9-20-21-15-18-7-10-22(35-17(3)33)26-25(18)29(20,27(23)37-26)13-14-31(21)4/h7-12,16,20-21,23,27H,5-6,13-15H2,1-4H3/t20-,21+,23-,27-,29-/m0/s1. The van der Waals surface area contributed by atoms with Gasteiger partial charge in [-0.1, -0.05) is 12.1 Å². The highest BCUT2D eigenvalue weighted by Gasteiger charge is 2.65. The second-order valence-electron chi connectivity index (χ2n) is 10.5. The molecule has 1 amide bonds. The summed E-state index contributed by atoms with van der Waals surface area (Å²) in [5, 5.41) is 0. The highest BCUT2D eigenvalue weighted by Crippen LogP contribution is 2.62. The molecule has 4 aliphatic rings. The first-order chi connectivity index (χ1) is 17.9. The molecule has 2 aromatic rings. The smallest absolute Gasteiger partial charge is 0.308 e. The summed E-state index contributed by atoms with van der Waals surface area (Å²) in [7, 11) is 2.20. The highest BCUT2D eigenvalue weighted by molar-refractivity contribution is 5.93. The van der Waals surface area contributed by atoms with Crippen molar-refractivity contribution < 1.29 is 23.8 Å². The molecule has 2 bridgehead atoms. The van der Waals surface area contributed by atoms with Gasteiger partial charge >= 0.3 is 5.97 Å². The zero-order valence-electron chi connectivity index (χ0n) is 21.8. The van der Waals surface area contributed by atoms with Gasteiger partial charge in [0.2, 0.25) is 5.88 Å². The van der Waals surface area contributed by atoms with Crippen molar-refractivity contribution in [2.75, 3.05) is 26.7 Å². The molecule has 1 spiro atoms. The number of pyridine rings is 1. The Bertz CT molecular complexity index is 1270. The molecule has 8 heteroatoms. The summed E-state index contributed by atoms with van der Waals surface area (Å²) in [5.41, 5.74) is 2.72. The number of aromatic nitrogens is 1. The lowest BCUT2D eigenvalue weighted by atomic mass is 9.53. The summed E-state index contributed by atoms with van der Waals surface area (Å²) < 4.78 is 18.7. The Kier molecular flexibility index (Phi) is 5.75. The largest absolute Gasteiger partial charge is 0.481 e. The first-order valence-corrected chi connectivity index (χ1v) is 13.2. The van der Waals surface area contributed by atoms with Gasteiger partial charge in [0, 0.05) is 55.2 Å². The van der Waals surface area contributed by atoms with Crippen molar-refractivity contribution in [3.8, 4) is 17.4 Å². The number of nitrogens with zero attached hydrogens (tertiary/aromatic N) is 3. The second-order valence-corrected chi connectivity index (χ2v) is 10.5. The second kappa shape index (κ2) is 8.87. The topological polar surface area (TPSA) is 81.2 Å². The van der Waals surface area contributed by atoms with Crippen LogP contribution in [0.2, 0.25) is 0 Å². The van der Waals surface area contributed by atoms with Crippen LogP contribution in [-0.4, -0.2) is 71.6 Å². The van der Waals surface area contributed by atoms with Crippen LogP contribution in [0.5, 0.6) is 17.4 Å². The number of hydrogen-bond acceptors (Lipinski definition) is 7. The zero-order chi connectivity index (χ0) is 25.9. The molecule has 1 aromatic carbocycles. The molecule has 3 heterocycles. The Morgan fingerprint density at radius 2 is 2.00 bits per heavy atom. The molecule has 194 valence electrons. The van der Waals surface area contributed by atoms with Gasteiger partial charge in [0.1, 0.15) is 6.10 Å². The molecule has 5 atom stereocenters.